The number of hydrogen-bond acceptors (Lipinski definition) is 3. The second kappa shape index (κ2) is 8.52. The Morgan fingerprint density at radius 3 is 2.56 bits per heavy atom. The number of rotatable bonds is 5. The van der Waals surface area contributed by atoms with Crippen molar-refractivity contribution in [1.29, 1.82) is 0 Å². The summed E-state index contributed by atoms with van der Waals surface area (Å²) in [5, 5.41) is 16.8. The number of halogens is 3. The molecule has 0 saturated heterocycles. The van der Waals surface area contributed by atoms with Crippen LogP contribution in [0, 0.1) is 10.1 Å². The van der Waals surface area contributed by atoms with E-state index in [2.05, 4.69) is 15.6 Å². The molecule has 0 saturated carbocycles. The minimum absolute atomic E-state index is 0.0189. The van der Waals surface area contributed by atoms with E-state index in [-0.39, 0.29) is 12.2 Å². The summed E-state index contributed by atoms with van der Waals surface area (Å²) in [6.45, 7) is 1.99. The first-order valence-corrected chi connectivity index (χ1v) is 8.08. The summed E-state index contributed by atoms with van der Waals surface area (Å²) in [6.07, 6.45) is -4.41. The van der Waals surface area contributed by atoms with Gasteiger partial charge >= 0.3 is 6.18 Å². The van der Waals surface area contributed by atoms with Gasteiger partial charge in [0.05, 0.1) is 16.5 Å². The molecule has 144 valence electrons. The summed E-state index contributed by atoms with van der Waals surface area (Å²) < 4.78 is 38.6. The van der Waals surface area contributed by atoms with Crippen LogP contribution in [0.15, 0.2) is 53.5 Å². The lowest BCUT2D eigenvalue weighted by molar-refractivity contribution is -0.384. The number of alkyl halides is 3. The first-order valence-electron chi connectivity index (χ1n) is 8.08. The van der Waals surface area contributed by atoms with Crippen LogP contribution >= 0.6 is 0 Å². The van der Waals surface area contributed by atoms with Crippen molar-refractivity contribution in [3.05, 3.63) is 75.3 Å². The fourth-order valence-corrected chi connectivity index (χ4v) is 2.43. The van der Waals surface area contributed by atoms with Gasteiger partial charge in [0.25, 0.3) is 5.69 Å². The highest BCUT2D eigenvalue weighted by molar-refractivity contribution is 5.80. The number of guanidine groups is 1. The zero-order chi connectivity index (χ0) is 20.0. The summed E-state index contributed by atoms with van der Waals surface area (Å²) in [7, 11) is 1.53. The molecule has 0 aromatic heterocycles. The molecule has 6 nitrogen and oxygen atoms in total. The van der Waals surface area contributed by atoms with E-state index < -0.39 is 22.7 Å². The molecular formula is C18H19F3N4O2. The van der Waals surface area contributed by atoms with Crippen molar-refractivity contribution in [3.63, 3.8) is 0 Å². The smallest absolute Gasteiger partial charge is 0.352 e. The monoisotopic (exact) mass is 380 g/mol. The highest BCUT2D eigenvalue weighted by atomic mass is 19.4. The number of nitro benzene ring substituents is 1. The largest absolute Gasteiger partial charge is 0.416 e. The Kier molecular flexibility index (Phi) is 6.38. The number of aliphatic imine (C=N–C) groups is 1. The molecule has 27 heavy (non-hydrogen) atoms. The Morgan fingerprint density at radius 2 is 1.93 bits per heavy atom. The number of benzene rings is 2. The minimum Gasteiger partial charge on any atom is -0.352 e. The molecule has 1 atom stereocenters. The Balaban J connectivity index is 2.03. The van der Waals surface area contributed by atoms with Gasteiger partial charge in [-0.1, -0.05) is 24.3 Å². The topological polar surface area (TPSA) is 79.6 Å². The second-order valence-electron chi connectivity index (χ2n) is 5.84. The average Bonchev–Trinajstić information content (AvgIpc) is 2.64. The van der Waals surface area contributed by atoms with E-state index in [1.165, 1.54) is 25.2 Å². The van der Waals surface area contributed by atoms with Crippen LogP contribution in [0.25, 0.3) is 0 Å². The highest BCUT2D eigenvalue weighted by Gasteiger charge is 2.30. The molecular weight excluding hydrogens is 361 g/mol. The second-order valence-corrected chi connectivity index (χ2v) is 5.84. The standard InChI is InChI=1S/C18H19F3N4O2/c1-12(14-6-4-7-15(10-14)18(19,20)21)24-17(22-2)23-11-13-5-3-8-16(9-13)25(26)27/h3-10,12H,11H2,1-2H3,(H2,22,23,24). The summed E-state index contributed by atoms with van der Waals surface area (Å²) in [5.74, 6) is 0.367. The maximum atomic E-state index is 12.9. The summed E-state index contributed by atoms with van der Waals surface area (Å²) in [6, 6.07) is 10.8. The summed E-state index contributed by atoms with van der Waals surface area (Å²) in [4.78, 5) is 14.4. The van der Waals surface area contributed by atoms with E-state index in [1.54, 1.807) is 25.1 Å². The molecule has 9 heteroatoms. The number of nitro groups is 1. The molecule has 2 N–H and O–H groups in total. The lowest BCUT2D eigenvalue weighted by atomic mass is 10.1. The van der Waals surface area contributed by atoms with Gasteiger partial charge in [0.1, 0.15) is 0 Å². The molecule has 0 radical (unpaired) electrons. The van der Waals surface area contributed by atoms with Crippen molar-refractivity contribution >= 4 is 11.6 Å². The number of nitrogens with one attached hydrogen (secondary N) is 2. The third-order valence-electron chi connectivity index (χ3n) is 3.87. The SMILES string of the molecule is CN=C(NCc1cccc([N+](=O)[O-])c1)NC(C)c1cccc(C(F)(F)F)c1. The van der Waals surface area contributed by atoms with E-state index in [1.807, 2.05) is 0 Å². The molecule has 2 aromatic carbocycles. The number of non-ortho nitro benzene ring substituents is 1. The van der Waals surface area contributed by atoms with Crippen molar-refractivity contribution in [2.24, 2.45) is 4.99 Å². The molecule has 0 aliphatic heterocycles. The molecule has 0 spiro atoms. The van der Waals surface area contributed by atoms with Crippen molar-refractivity contribution in [3.8, 4) is 0 Å². The third kappa shape index (κ3) is 5.70. The van der Waals surface area contributed by atoms with Gasteiger partial charge in [-0.05, 0) is 30.2 Å². The lowest BCUT2D eigenvalue weighted by Crippen LogP contribution is -2.38. The number of nitrogens with zero attached hydrogens (tertiary/aromatic N) is 2. The van der Waals surface area contributed by atoms with E-state index in [0.717, 1.165) is 12.1 Å². The zero-order valence-electron chi connectivity index (χ0n) is 14.7. The van der Waals surface area contributed by atoms with Crippen LogP contribution in [0.3, 0.4) is 0 Å². The molecule has 0 amide bonds. The van der Waals surface area contributed by atoms with Gasteiger partial charge in [0.15, 0.2) is 5.96 Å². The molecule has 0 aliphatic carbocycles. The predicted molar refractivity (Wildman–Crippen MR) is 96.3 cm³/mol. The molecule has 2 rings (SSSR count). The molecule has 0 heterocycles. The van der Waals surface area contributed by atoms with Gasteiger partial charge in [0.2, 0.25) is 0 Å². The van der Waals surface area contributed by atoms with Crippen molar-refractivity contribution in [2.75, 3.05) is 7.05 Å². The van der Waals surface area contributed by atoms with E-state index in [0.29, 0.717) is 17.1 Å². The molecule has 0 bridgehead atoms. The van der Waals surface area contributed by atoms with Crippen LogP contribution in [0.5, 0.6) is 0 Å². The van der Waals surface area contributed by atoms with E-state index >= 15 is 0 Å². The molecule has 0 aliphatic rings. The third-order valence-corrected chi connectivity index (χ3v) is 3.87. The minimum atomic E-state index is -4.41. The van der Waals surface area contributed by atoms with Gasteiger partial charge < -0.3 is 10.6 Å². The highest BCUT2D eigenvalue weighted by Crippen LogP contribution is 2.30. The van der Waals surface area contributed by atoms with Crippen LogP contribution in [-0.4, -0.2) is 17.9 Å². The van der Waals surface area contributed by atoms with Gasteiger partial charge in [-0.25, -0.2) is 0 Å². The zero-order valence-corrected chi connectivity index (χ0v) is 14.7. The Morgan fingerprint density at radius 1 is 1.22 bits per heavy atom. The van der Waals surface area contributed by atoms with E-state index in [4.69, 9.17) is 0 Å². The summed E-state index contributed by atoms with van der Waals surface area (Å²) in [5.41, 5.74) is 0.407. The number of hydrogen-bond donors (Lipinski definition) is 2. The van der Waals surface area contributed by atoms with Gasteiger partial charge in [0, 0.05) is 25.7 Å². The molecule has 2 aromatic rings. The van der Waals surface area contributed by atoms with Crippen molar-refractivity contribution in [2.45, 2.75) is 25.7 Å². The average molecular weight is 380 g/mol. The first kappa shape index (κ1) is 20.2. The Bertz CT molecular complexity index is 837. The van der Waals surface area contributed by atoms with Gasteiger partial charge in [-0.3, -0.25) is 15.1 Å². The first-order chi connectivity index (χ1) is 12.7. The summed E-state index contributed by atoms with van der Waals surface area (Å²) >= 11 is 0. The fourth-order valence-electron chi connectivity index (χ4n) is 2.43. The molecule has 1 unspecified atom stereocenters. The van der Waals surface area contributed by atoms with Crippen LogP contribution in [0.2, 0.25) is 0 Å². The van der Waals surface area contributed by atoms with Crippen LogP contribution in [0.4, 0.5) is 18.9 Å². The van der Waals surface area contributed by atoms with Crippen LogP contribution in [-0.2, 0) is 12.7 Å². The van der Waals surface area contributed by atoms with Crippen LogP contribution in [0.1, 0.15) is 29.7 Å². The maximum Gasteiger partial charge on any atom is 0.416 e. The molecule has 0 fully saturated rings. The van der Waals surface area contributed by atoms with Crippen molar-refractivity contribution in [1.82, 2.24) is 10.6 Å². The van der Waals surface area contributed by atoms with Gasteiger partial charge in [-0.2, -0.15) is 13.2 Å². The fraction of sp³-hybridized carbons (Fsp3) is 0.278. The predicted octanol–water partition coefficient (Wildman–Crippen LogP) is 4.04. The normalized spacial score (nSPS) is 13.1. The van der Waals surface area contributed by atoms with Crippen molar-refractivity contribution < 1.29 is 18.1 Å². The quantitative estimate of drug-likeness (QED) is 0.355. The Hall–Kier alpha value is -3.10. The van der Waals surface area contributed by atoms with Gasteiger partial charge in [-0.15, -0.1) is 0 Å². The maximum absolute atomic E-state index is 12.9. The van der Waals surface area contributed by atoms with Crippen LogP contribution < -0.4 is 10.6 Å². The lowest BCUT2D eigenvalue weighted by Gasteiger charge is -2.19. The van der Waals surface area contributed by atoms with E-state index in [9.17, 15) is 23.3 Å². The Labute approximate surface area is 154 Å².